The fraction of sp³-hybridized carbons (Fsp3) is 0. The smallest absolute Gasteiger partial charge is 0.164 e. The van der Waals surface area contributed by atoms with E-state index >= 15 is 0 Å². The van der Waals surface area contributed by atoms with Crippen molar-refractivity contribution >= 4 is 10.8 Å². The van der Waals surface area contributed by atoms with Crippen molar-refractivity contribution in [2.45, 2.75) is 0 Å². The molecule has 40 heavy (non-hydrogen) atoms. The van der Waals surface area contributed by atoms with Gasteiger partial charge in [-0.25, -0.2) is 24.9 Å². The summed E-state index contributed by atoms with van der Waals surface area (Å²) in [7, 11) is 0. The Balaban J connectivity index is 1.29. The Hall–Kier alpha value is -5.55. The van der Waals surface area contributed by atoms with Crippen molar-refractivity contribution in [2.24, 2.45) is 0 Å². The largest absolute Gasteiger partial charge is 0.244 e. The SMILES string of the molecule is c1ccc(-c2nc(-c3ccccc3)nc(-c3ccc4ccc(-c5ccc(-c6cncnc6)cc5)cc4c3)n2)cc1. The van der Waals surface area contributed by atoms with Crippen LogP contribution < -0.4 is 0 Å². The zero-order chi connectivity index (χ0) is 26.7. The van der Waals surface area contributed by atoms with Gasteiger partial charge in [-0.15, -0.1) is 0 Å². The van der Waals surface area contributed by atoms with Gasteiger partial charge in [0.05, 0.1) is 0 Å². The van der Waals surface area contributed by atoms with Crippen LogP contribution >= 0.6 is 0 Å². The van der Waals surface area contributed by atoms with Crippen molar-refractivity contribution < 1.29 is 0 Å². The molecular formula is C35H23N5. The number of rotatable bonds is 5. The maximum atomic E-state index is 4.89. The van der Waals surface area contributed by atoms with Crippen molar-refractivity contribution in [3.63, 3.8) is 0 Å². The zero-order valence-electron chi connectivity index (χ0n) is 21.5. The lowest BCUT2D eigenvalue weighted by atomic mass is 9.98. The maximum absolute atomic E-state index is 4.89. The number of aromatic nitrogens is 5. The van der Waals surface area contributed by atoms with Crippen LogP contribution in [0.1, 0.15) is 0 Å². The minimum absolute atomic E-state index is 0.648. The van der Waals surface area contributed by atoms with Crippen LogP contribution in [0, 0.1) is 0 Å². The molecule has 0 spiro atoms. The quantitative estimate of drug-likeness (QED) is 0.232. The summed E-state index contributed by atoms with van der Waals surface area (Å²) >= 11 is 0. The van der Waals surface area contributed by atoms with E-state index < -0.39 is 0 Å². The highest BCUT2D eigenvalue weighted by molar-refractivity contribution is 5.90. The normalized spacial score (nSPS) is 11.0. The Morgan fingerprint density at radius 3 is 1.35 bits per heavy atom. The molecule has 0 aliphatic carbocycles. The highest BCUT2D eigenvalue weighted by Crippen LogP contribution is 2.30. The summed E-state index contributed by atoms with van der Waals surface area (Å²) in [6, 6.07) is 41.5. The van der Waals surface area contributed by atoms with E-state index in [0.717, 1.165) is 49.7 Å². The van der Waals surface area contributed by atoms with Gasteiger partial charge in [0.1, 0.15) is 6.33 Å². The van der Waals surface area contributed by atoms with Gasteiger partial charge >= 0.3 is 0 Å². The van der Waals surface area contributed by atoms with Crippen molar-refractivity contribution in [1.82, 2.24) is 24.9 Å². The molecule has 5 nitrogen and oxygen atoms in total. The Morgan fingerprint density at radius 2 is 0.775 bits per heavy atom. The molecule has 0 atom stereocenters. The Labute approximate surface area is 231 Å². The van der Waals surface area contributed by atoms with Gasteiger partial charge in [-0.1, -0.05) is 109 Å². The van der Waals surface area contributed by atoms with Gasteiger partial charge in [0.15, 0.2) is 17.5 Å². The molecule has 0 saturated heterocycles. The van der Waals surface area contributed by atoms with Crippen LogP contribution in [-0.2, 0) is 0 Å². The molecule has 0 saturated carbocycles. The van der Waals surface area contributed by atoms with Gasteiger partial charge in [-0.2, -0.15) is 0 Å². The van der Waals surface area contributed by atoms with E-state index in [9.17, 15) is 0 Å². The van der Waals surface area contributed by atoms with Crippen LogP contribution in [0.4, 0.5) is 0 Å². The van der Waals surface area contributed by atoms with Crippen LogP contribution in [-0.4, -0.2) is 24.9 Å². The van der Waals surface area contributed by atoms with Gasteiger partial charge in [0.2, 0.25) is 0 Å². The summed E-state index contributed by atoms with van der Waals surface area (Å²) in [6.07, 6.45) is 5.20. The van der Waals surface area contributed by atoms with Gasteiger partial charge in [0.25, 0.3) is 0 Å². The topological polar surface area (TPSA) is 64.5 Å². The van der Waals surface area contributed by atoms with Gasteiger partial charge in [-0.05, 0) is 39.6 Å². The lowest BCUT2D eigenvalue weighted by Gasteiger charge is -2.10. The third-order valence-electron chi connectivity index (χ3n) is 6.91. The fourth-order valence-corrected chi connectivity index (χ4v) is 4.81. The first-order valence-corrected chi connectivity index (χ1v) is 13.1. The minimum atomic E-state index is 0.648. The maximum Gasteiger partial charge on any atom is 0.164 e. The molecule has 0 aliphatic heterocycles. The third-order valence-corrected chi connectivity index (χ3v) is 6.91. The Kier molecular flexibility index (Phi) is 6.07. The number of benzene rings is 5. The molecule has 7 rings (SSSR count). The van der Waals surface area contributed by atoms with Gasteiger partial charge in [-0.3, -0.25) is 0 Å². The average Bonchev–Trinajstić information content (AvgIpc) is 3.05. The van der Waals surface area contributed by atoms with E-state index in [1.807, 2.05) is 73.1 Å². The summed E-state index contributed by atoms with van der Waals surface area (Å²) < 4.78 is 0. The zero-order valence-corrected chi connectivity index (χ0v) is 21.5. The summed E-state index contributed by atoms with van der Waals surface area (Å²) in [5, 5.41) is 2.28. The predicted molar refractivity (Wildman–Crippen MR) is 160 cm³/mol. The molecule has 7 aromatic rings. The lowest BCUT2D eigenvalue weighted by molar-refractivity contribution is 1.07. The van der Waals surface area contributed by atoms with E-state index in [0.29, 0.717) is 17.5 Å². The van der Waals surface area contributed by atoms with E-state index in [-0.39, 0.29) is 0 Å². The van der Waals surface area contributed by atoms with Crippen molar-refractivity contribution in [2.75, 3.05) is 0 Å². The van der Waals surface area contributed by atoms with Crippen molar-refractivity contribution in [3.05, 3.63) is 140 Å². The van der Waals surface area contributed by atoms with Gasteiger partial charge in [0, 0.05) is 34.6 Å². The molecule has 0 bridgehead atoms. The summed E-state index contributed by atoms with van der Waals surface area (Å²) in [6.45, 7) is 0. The number of fused-ring (bicyclic) bond motifs is 1. The molecule has 0 amide bonds. The highest BCUT2D eigenvalue weighted by Gasteiger charge is 2.13. The lowest BCUT2D eigenvalue weighted by Crippen LogP contribution is -2.00. The molecule has 0 unspecified atom stereocenters. The van der Waals surface area contributed by atoms with Crippen LogP contribution in [0.25, 0.3) is 67.2 Å². The highest BCUT2D eigenvalue weighted by atomic mass is 15.0. The second kappa shape index (κ2) is 10.3. The van der Waals surface area contributed by atoms with Crippen LogP contribution in [0.3, 0.4) is 0 Å². The minimum Gasteiger partial charge on any atom is -0.244 e. The summed E-state index contributed by atoms with van der Waals surface area (Å²) in [4.78, 5) is 22.9. The second-order valence-corrected chi connectivity index (χ2v) is 9.52. The Bertz CT molecular complexity index is 1860. The third kappa shape index (κ3) is 4.72. The molecule has 2 heterocycles. The molecule has 188 valence electrons. The average molecular weight is 514 g/mol. The number of hydrogen-bond acceptors (Lipinski definition) is 5. The van der Waals surface area contributed by atoms with E-state index in [2.05, 4.69) is 70.6 Å². The summed E-state index contributed by atoms with van der Waals surface area (Å²) in [5.41, 5.74) is 7.23. The van der Waals surface area contributed by atoms with E-state index in [1.165, 1.54) is 0 Å². The number of hydrogen-bond donors (Lipinski definition) is 0. The molecule has 2 aromatic heterocycles. The standard InChI is InChI=1S/C35H23N5/c1-3-7-27(8-4-1)33-38-34(28-9-5-2-6-10-28)40-35(39-33)30-18-16-25-15-17-29(19-31(25)20-30)24-11-13-26(14-12-24)32-21-36-23-37-22-32/h1-23H. The van der Waals surface area contributed by atoms with Crippen LogP contribution in [0.15, 0.2) is 140 Å². The molecule has 5 aromatic carbocycles. The summed E-state index contributed by atoms with van der Waals surface area (Å²) in [5.74, 6) is 1.96. The van der Waals surface area contributed by atoms with Gasteiger partial charge < -0.3 is 0 Å². The van der Waals surface area contributed by atoms with Crippen molar-refractivity contribution in [1.29, 1.82) is 0 Å². The molecular weight excluding hydrogens is 490 g/mol. The monoisotopic (exact) mass is 513 g/mol. The van der Waals surface area contributed by atoms with E-state index in [1.54, 1.807) is 6.33 Å². The van der Waals surface area contributed by atoms with Crippen molar-refractivity contribution in [3.8, 4) is 56.4 Å². The van der Waals surface area contributed by atoms with Crippen LogP contribution in [0.2, 0.25) is 0 Å². The predicted octanol–water partition coefficient (Wildman–Crippen LogP) is 8.15. The second-order valence-electron chi connectivity index (χ2n) is 9.52. The Morgan fingerprint density at radius 1 is 0.325 bits per heavy atom. The first-order valence-electron chi connectivity index (χ1n) is 13.1. The molecule has 5 heteroatoms. The molecule has 0 N–H and O–H groups in total. The fourth-order valence-electron chi connectivity index (χ4n) is 4.81. The number of nitrogens with zero attached hydrogens (tertiary/aromatic N) is 5. The first kappa shape index (κ1) is 23.6. The molecule has 0 aliphatic rings. The van der Waals surface area contributed by atoms with E-state index in [4.69, 9.17) is 15.0 Å². The molecule has 0 radical (unpaired) electrons. The molecule has 0 fully saturated rings. The first-order chi connectivity index (χ1) is 19.8. The van der Waals surface area contributed by atoms with Crippen LogP contribution in [0.5, 0.6) is 0 Å².